The third-order valence-electron chi connectivity index (χ3n) is 2.70. The fraction of sp³-hybridized carbons (Fsp3) is 0.154. The van der Waals surface area contributed by atoms with Gasteiger partial charge < -0.3 is 21.9 Å². The molecule has 0 amide bonds. The molecule has 0 unspecified atom stereocenters. The van der Waals surface area contributed by atoms with Crippen LogP contribution in [0, 0.1) is 5.82 Å². The Morgan fingerprint density at radius 2 is 2.09 bits per heavy atom. The maximum atomic E-state index is 13.9. The summed E-state index contributed by atoms with van der Waals surface area (Å²) < 4.78 is 21.0. The quantitative estimate of drug-likeness (QED) is 0.554. The van der Waals surface area contributed by atoms with Crippen molar-refractivity contribution in [3.05, 3.63) is 42.0 Å². The van der Waals surface area contributed by atoms with Crippen molar-refractivity contribution < 1.29 is 9.13 Å². The number of nitrogens with two attached hydrogens (primary N) is 3. The first-order valence-corrected chi connectivity index (χ1v) is 6.28. The van der Waals surface area contributed by atoms with Gasteiger partial charge in [0.25, 0.3) is 0 Å². The summed E-state index contributed by atoms with van der Waals surface area (Å²) in [7, 11) is 1.78. The molecule has 0 bridgehead atoms. The summed E-state index contributed by atoms with van der Waals surface area (Å²) in [5.41, 5.74) is 16.9. The summed E-state index contributed by atoms with van der Waals surface area (Å²) in [6, 6.07) is 5.95. The van der Waals surface area contributed by atoms with Crippen LogP contribution in [0.15, 0.2) is 40.4 Å². The van der Waals surface area contributed by atoms with Crippen molar-refractivity contribution in [2.45, 2.75) is 6.61 Å². The van der Waals surface area contributed by atoms with E-state index in [4.69, 9.17) is 21.9 Å². The molecule has 0 spiro atoms. The zero-order valence-corrected chi connectivity index (χ0v) is 11.9. The van der Waals surface area contributed by atoms with Gasteiger partial charge in [0.15, 0.2) is 17.5 Å². The van der Waals surface area contributed by atoms with Crippen LogP contribution in [0.1, 0.15) is 5.69 Å². The average molecular weight is 305 g/mol. The minimum atomic E-state index is -0.569. The van der Waals surface area contributed by atoms with E-state index in [0.29, 0.717) is 0 Å². The summed E-state index contributed by atoms with van der Waals surface area (Å²) in [6.45, 7) is 0.201. The zero-order chi connectivity index (χ0) is 16.1. The number of guanidine groups is 2. The third kappa shape index (κ3) is 3.95. The van der Waals surface area contributed by atoms with Gasteiger partial charge in [0, 0.05) is 19.3 Å². The number of aryl methyl sites for hydroxylation is 1. The number of ether oxygens (including phenoxy) is 1. The van der Waals surface area contributed by atoms with Gasteiger partial charge in [-0.3, -0.25) is 4.68 Å². The molecule has 2 rings (SSSR count). The van der Waals surface area contributed by atoms with Crippen LogP contribution in [0.2, 0.25) is 0 Å². The molecule has 0 aliphatic heterocycles. The van der Waals surface area contributed by atoms with Crippen molar-refractivity contribution in [2.24, 2.45) is 34.2 Å². The second kappa shape index (κ2) is 6.57. The zero-order valence-electron chi connectivity index (χ0n) is 11.9. The monoisotopic (exact) mass is 305 g/mol. The number of benzene rings is 1. The van der Waals surface area contributed by atoms with Crippen LogP contribution in [-0.2, 0) is 13.7 Å². The minimum Gasteiger partial charge on any atom is -0.484 e. The highest BCUT2D eigenvalue weighted by molar-refractivity contribution is 5.93. The number of halogens is 1. The molecule has 9 heteroatoms. The van der Waals surface area contributed by atoms with E-state index in [1.54, 1.807) is 24.0 Å². The second-order valence-electron chi connectivity index (χ2n) is 4.36. The van der Waals surface area contributed by atoms with E-state index in [9.17, 15) is 4.39 Å². The normalized spacial score (nSPS) is 11.3. The highest BCUT2D eigenvalue weighted by atomic mass is 19.1. The van der Waals surface area contributed by atoms with Crippen LogP contribution in [0.5, 0.6) is 5.75 Å². The molecule has 0 aliphatic rings. The van der Waals surface area contributed by atoms with Crippen LogP contribution in [0.4, 0.5) is 10.1 Å². The molecule has 0 saturated heterocycles. The number of nitrogens with zero attached hydrogens (tertiary/aromatic N) is 4. The number of aromatic nitrogens is 2. The first-order valence-electron chi connectivity index (χ1n) is 6.28. The lowest BCUT2D eigenvalue weighted by atomic mass is 10.3. The van der Waals surface area contributed by atoms with Crippen LogP contribution < -0.4 is 21.9 Å². The standard InChI is InChI=1S/C13H16FN7O/c1-21-9(4-5-18-21)7-22-11-3-2-8(6-10(11)14)19-13(17)20-12(15)16/h2-6H,7H2,1H3,(H6,15,16,17,19,20). The first kappa shape index (κ1) is 15.3. The van der Waals surface area contributed by atoms with Crippen molar-refractivity contribution in [1.82, 2.24) is 9.78 Å². The molecular weight excluding hydrogens is 289 g/mol. The van der Waals surface area contributed by atoms with Gasteiger partial charge in [-0.05, 0) is 18.2 Å². The van der Waals surface area contributed by atoms with Gasteiger partial charge in [-0.1, -0.05) is 0 Å². The van der Waals surface area contributed by atoms with Crippen LogP contribution >= 0.6 is 0 Å². The molecule has 116 valence electrons. The lowest BCUT2D eigenvalue weighted by Gasteiger charge is -2.08. The van der Waals surface area contributed by atoms with E-state index < -0.39 is 5.82 Å². The summed E-state index contributed by atoms with van der Waals surface area (Å²) in [5, 5.41) is 4.00. The Bertz CT molecular complexity index is 719. The van der Waals surface area contributed by atoms with Crippen LogP contribution in [0.25, 0.3) is 0 Å². The van der Waals surface area contributed by atoms with E-state index in [-0.39, 0.29) is 30.0 Å². The van der Waals surface area contributed by atoms with Gasteiger partial charge in [-0.2, -0.15) is 10.1 Å². The van der Waals surface area contributed by atoms with Crippen LogP contribution in [0.3, 0.4) is 0 Å². The van der Waals surface area contributed by atoms with E-state index in [1.807, 2.05) is 0 Å². The Morgan fingerprint density at radius 1 is 1.32 bits per heavy atom. The molecule has 0 radical (unpaired) electrons. The van der Waals surface area contributed by atoms with Gasteiger partial charge in [-0.15, -0.1) is 0 Å². The van der Waals surface area contributed by atoms with E-state index in [2.05, 4.69) is 15.1 Å². The maximum absolute atomic E-state index is 13.9. The summed E-state index contributed by atoms with van der Waals surface area (Å²) >= 11 is 0. The van der Waals surface area contributed by atoms with Gasteiger partial charge in [0.2, 0.25) is 5.96 Å². The molecule has 1 aromatic heterocycles. The van der Waals surface area contributed by atoms with E-state index in [0.717, 1.165) is 5.69 Å². The van der Waals surface area contributed by atoms with Crippen molar-refractivity contribution in [3.8, 4) is 5.75 Å². The molecule has 8 nitrogen and oxygen atoms in total. The second-order valence-corrected chi connectivity index (χ2v) is 4.36. The number of hydrogen-bond donors (Lipinski definition) is 3. The van der Waals surface area contributed by atoms with Crippen molar-refractivity contribution in [1.29, 1.82) is 0 Å². The number of aliphatic imine (C=N–C) groups is 2. The average Bonchev–Trinajstić information content (AvgIpc) is 2.82. The largest absolute Gasteiger partial charge is 0.484 e. The molecule has 2 aromatic rings. The maximum Gasteiger partial charge on any atom is 0.223 e. The molecule has 6 N–H and O–H groups in total. The fourth-order valence-electron chi connectivity index (χ4n) is 1.66. The molecule has 0 saturated carbocycles. The number of hydrogen-bond acceptors (Lipinski definition) is 3. The molecule has 1 aromatic carbocycles. The predicted molar refractivity (Wildman–Crippen MR) is 81.0 cm³/mol. The Morgan fingerprint density at radius 3 is 2.68 bits per heavy atom. The van der Waals surface area contributed by atoms with Gasteiger partial charge >= 0.3 is 0 Å². The lowest BCUT2D eigenvalue weighted by molar-refractivity contribution is 0.280. The molecule has 0 aliphatic carbocycles. The van der Waals surface area contributed by atoms with Crippen molar-refractivity contribution in [3.63, 3.8) is 0 Å². The highest BCUT2D eigenvalue weighted by Crippen LogP contribution is 2.23. The Labute approximate surface area is 126 Å². The predicted octanol–water partition coefficient (Wildman–Crippen LogP) is 0.358. The van der Waals surface area contributed by atoms with Crippen molar-refractivity contribution in [2.75, 3.05) is 0 Å². The third-order valence-corrected chi connectivity index (χ3v) is 2.70. The van der Waals surface area contributed by atoms with Gasteiger partial charge in [-0.25, -0.2) is 9.38 Å². The molecule has 22 heavy (non-hydrogen) atoms. The Kier molecular flexibility index (Phi) is 4.57. The molecule has 0 atom stereocenters. The summed E-state index contributed by atoms with van der Waals surface area (Å²) in [5.74, 6) is -0.859. The first-order chi connectivity index (χ1) is 10.5. The minimum absolute atomic E-state index is 0.0977. The highest BCUT2D eigenvalue weighted by Gasteiger charge is 2.07. The van der Waals surface area contributed by atoms with E-state index in [1.165, 1.54) is 18.2 Å². The Hall–Kier alpha value is -3.10. The SMILES string of the molecule is Cn1nccc1COc1ccc(N=C(N)N=C(N)N)cc1F. The summed E-state index contributed by atoms with van der Waals surface area (Å²) in [6.07, 6.45) is 1.64. The topological polar surface area (TPSA) is 130 Å². The summed E-state index contributed by atoms with van der Waals surface area (Å²) in [4.78, 5) is 7.40. The van der Waals surface area contributed by atoms with Crippen molar-refractivity contribution >= 4 is 17.6 Å². The van der Waals surface area contributed by atoms with Gasteiger partial charge in [0.05, 0.1) is 11.4 Å². The molecule has 0 fully saturated rings. The van der Waals surface area contributed by atoms with Gasteiger partial charge in [0.1, 0.15) is 6.61 Å². The lowest BCUT2D eigenvalue weighted by Crippen LogP contribution is -2.26. The fourth-order valence-corrected chi connectivity index (χ4v) is 1.66. The Balaban J connectivity index is 2.10. The molecule has 1 heterocycles. The van der Waals surface area contributed by atoms with E-state index >= 15 is 0 Å². The molecular formula is C13H16FN7O. The smallest absolute Gasteiger partial charge is 0.223 e. The van der Waals surface area contributed by atoms with Crippen LogP contribution in [-0.4, -0.2) is 21.7 Å². The number of rotatable bonds is 4.